The SMILES string of the molecule is Nc1cccnc1C1CCC(N2CC(NC(=O)CNC(=O)c3cccc(CF)c3)C2)CC1. The van der Waals surface area contributed by atoms with E-state index in [1.165, 1.54) is 6.07 Å². The second-order valence-electron chi connectivity index (χ2n) is 8.72. The van der Waals surface area contributed by atoms with Crippen molar-refractivity contribution in [3.05, 3.63) is 59.4 Å². The number of nitrogen functional groups attached to an aromatic ring is 1. The predicted molar refractivity (Wildman–Crippen MR) is 121 cm³/mol. The summed E-state index contributed by atoms with van der Waals surface area (Å²) < 4.78 is 12.7. The van der Waals surface area contributed by atoms with Crippen LogP contribution >= 0.6 is 0 Å². The van der Waals surface area contributed by atoms with Crippen LogP contribution in [-0.2, 0) is 11.5 Å². The minimum absolute atomic E-state index is 0.0915. The molecule has 1 saturated carbocycles. The van der Waals surface area contributed by atoms with E-state index < -0.39 is 6.67 Å². The smallest absolute Gasteiger partial charge is 0.251 e. The Morgan fingerprint density at radius 2 is 1.91 bits per heavy atom. The summed E-state index contributed by atoms with van der Waals surface area (Å²) in [6, 6.07) is 10.8. The van der Waals surface area contributed by atoms with Crippen LogP contribution in [0, 0.1) is 0 Å². The molecule has 1 aromatic heterocycles. The van der Waals surface area contributed by atoms with Crippen molar-refractivity contribution in [1.29, 1.82) is 0 Å². The summed E-state index contributed by atoms with van der Waals surface area (Å²) in [4.78, 5) is 31.3. The minimum atomic E-state index is -0.626. The number of alkyl halides is 1. The summed E-state index contributed by atoms with van der Waals surface area (Å²) in [6.45, 7) is 0.947. The van der Waals surface area contributed by atoms with Crippen molar-refractivity contribution in [3.8, 4) is 0 Å². The third-order valence-electron chi connectivity index (χ3n) is 6.50. The molecule has 4 rings (SSSR count). The van der Waals surface area contributed by atoms with Crippen LogP contribution in [0.4, 0.5) is 10.1 Å². The van der Waals surface area contributed by atoms with Crippen LogP contribution in [0.25, 0.3) is 0 Å². The van der Waals surface area contributed by atoms with Gasteiger partial charge in [0.05, 0.1) is 24.0 Å². The number of halogens is 1. The Morgan fingerprint density at radius 3 is 2.62 bits per heavy atom. The maximum Gasteiger partial charge on any atom is 0.251 e. The zero-order valence-corrected chi connectivity index (χ0v) is 18.1. The van der Waals surface area contributed by atoms with Crippen LogP contribution in [-0.4, -0.2) is 53.4 Å². The standard InChI is InChI=1S/C24H30FN5O2/c25-12-16-3-1-4-18(11-16)24(32)28-13-22(31)29-19-14-30(15-19)20-8-6-17(7-9-20)23-21(26)5-2-10-27-23/h1-5,10-11,17,19-20H,6-9,12-15,26H2,(H,28,32)(H,29,31). The number of nitrogens with two attached hydrogens (primary N) is 1. The van der Waals surface area contributed by atoms with Gasteiger partial charge in [0.1, 0.15) is 6.67 Å². The molecule has 0 spiro atoms. The number of pyridine rings is 1. The molecule has 1 aromatic carbocycles. The number of aromatic nitrogens is 1. The van der Waals surface area contributed by atoms with E-state index >= 15 is 0 Å². The summed E-state index contributed by atoms with van der Waals surface area (Å²) in [7, 11) is 0. The lowest BCUT2D eigenvalue weighted by molar-refractivity contribution is -0.122. The fraction of sp³-hybridized carbons (Fsp3) is 0.458. The van der Waals surface area contributed by atoms with Gasteiger partial charge in [0, 0.05) is 36.8 Å². The number of carbonyl (C=O) groups is 2. The highest BCUT2D eigenvalue weighted by Gasteiger charge is 2.35. The Balaban J connectivity index is 1.15. The lowest BCUT2D eigenvalue weighted by Gasteiger charge is -2.46. The Bertz CT molecular complexity index is 955. The second-order valence-corrected chi connectivity index (χ2v) is 8.72. The van der Waals surface area contributed by atoms with Gasteiger partial charge in [-0.05, 0) is 55.5 Å². The highest BCUT2D eigenvalue weighted by molar-refractivity contribution is 5.96. The Morgan fingerprint density at radius 1 is 1.12 bits per heavy atom. The van der Waals surface area contributed by atoms with Crippen LogP contribution in [0.15, 0.2) is 42.6 Å². The number of hydrogen-bond donors (Lipinski definition) is 3. The molecule has 2 heterocycles. The number of hydrogen-bond acceptors (Lipinski definition) is 5. The van der Waals surface area contributed by atoms with Crippen molar-refractivity contribution in [1.82, 2.24) is 20.5 Å². The van der Waals surface area contributed by atoms with Crippen LogP contribution in [0.3, 0.4) is 0 Å². The summed E-state index contributed by atoms with van der Waals surface area (Å²) in [5, 5.41) is 5.57. The molecule has 2 fully saturated rings. The first-order chi connectivity index (χ1) is 15.5. The number of nitrogens with one attached hydrogen (secondary N) is 2. The Labute approximate surface area is 187 Å². The highest BCUT2D eigenvalue weighted by Crippen LogP contribution is 2.37. The molecule has 2 amide bonds. The van der Waals surface area contributed by atoms with Crippen molar-refractivity contribution in [2.24, 2.45) is 0 Å². The van der Waals surface area contributed by atoms with E-state index in [1.807, 2.05) is 18.3 Å². The minimum Gasteiger partial charge on any atom is -0.397 e. The van der Waals surface area contributed by atoms with E-state index in [0.717, 1.165) is 50.2 Å². The third kappa shape index (κ3) is 5.24. The quantitative estimate of drug-likeness (QED) is 0.615. The number of benzene rings is 1. The Kier molecular flexibility index (Phi) is 6.99. The second kappa shape index (κ2) is 10.1. The van der Waals surface area contributed by atoms with Crippen molar-refractivity contribution in [2.75, 3.05) is 25.4 Å². The molecule has 8 heteroatoms. The third-order valence-corrected chi connectivity index (χ3v) is 6.50. The summed E-state index contributed by atoms with van der Waals surface area (Å²) in [5.41, 5.74) is 8.68. The maximum atomic E-state index is 12.7. The lowest BCUT2D eigenvalue weighted by Crippen LogP contribution is -2.63. The first-order valence-electron chi connectivity index (χ1n) is 11.2. The summed E-state index contributed by atoms with van der Waals surface area (Å²) in [5.74, 6) is -0.159. The van der Waals surface area contributed by atoms with Crippen molar-refractivity contribution in [2.45, 2.75) is 50.4 Å². The first kappa shape index (κ1) is 22.2. The van der Waals surface area contributed by atoms with E-state index in [1.54, 1.807) is 18.2 Å². The number of amides is 2. The maximum absolute atomic E-state index is 12.7. The number of nitrogens with zero attached hydrogens (tertiary/aromatic N) is 2. The average molecular weight is 440 g/mol. The molecule has 0 radical (unpaired) electrons. The summed E-state index contributed by atoms with van der Waals surface area (Å²) in [6.07, 6.45) is 6.18. The van der Waals surface area contributed by atoms with Gasteiger partial charge >= 0.3 is 0 Å². The van der Waals surface area contributed by atoms with E-state index in [0.29, 0.717) is 23.1 Å². The fourth-order valence-electron chi connectivity index (χ4n) is 4.72. The van der Waals surface area contributed by atoms with Crippen molar-refractivity contribution >= 4 is 17.5 Å². The van der Waals surface area contributed by atoms with Crippen molar-refractivity contribution in [3.63, 3.8) is 0 Å². The molecule has 4 N–H and O–H groups in total. The first-order valence-corrected chi connectivity index (χ1v) is 11.2. The number of anilines is 1. The topological polar surface area (TPSA) is 100 Å². The molecule has 0 atom stereocenters. The largest absolute Gasteiger partial charge is 0.397 e. The monoisotopic (exact) mass is 439 g/mol. The lowest BCUT2D eigenvalue weighted by atomic mass is 9.81. The van der Waals surface area contributed by atoms with Gasteiger partial charge in [0.2, 0.25) is 5.91 Å². The van der Waals surface area contributed by atoms with Crippen LogP contribution < -0.4 is 16.4 Å². The molecule has 170 valence electrons. The molecule has 2 aromatic rings. The molecule has 1 aliphatic heterocycles. The van der Waals surface area contributed by atoms with Gasteiger partial charge in [-0.15, -0.1) is 0 Å². The highest BCUT2D eigenvalue weighted by atomic mass is 19.1. The molecule has 0 unspecified atom stereocenters. The number of likely N-dealkylation sites (tertiary alicyclic amines) is 1. The zero-order valence-electron chi connectivity index (χ0n) is 18.1. The molecule has 0 bridgehead atoms. The van der Waals surface area contributed by atoms with Crippen LogP contribution in [0.2, 0.25) is 0 Å². The Hall–Kier alpha value is -3.00. The van der Waals surface area contributed by atoms with Crippen molar-refractivity contribution < 1.29 is 14.0 Å². The van der Waals surface area contributed by atoms with Gasteiger partial charge < -0.3 is 16.4 Å². The van der Waals surface area contributed by atoms with Crippen LogP contribution in [0.5, 0.6) is 0 Å². The van der Waals surface area contributed by atoms with Gasteiger partial charge in [0.25, 0.3) is 5.91 Å². The number of rotatable bonds is 7. The van der Waals surface area contributed by atoms with Crippen LogP contribution in [0.1, 0.15) is 53.2 Å². The fourth-order valence-corrected chi connectivity index (χ4v) is 4.72. The van der Waals surface area contributed by atoms with E-state index in [9.17, 15) is 14.0 Å². The van der Waals surface area contributed by atoms with Gasteiger partial charge in [-0.1, -0.05) is 12.1 Å². The molecule has 1 saturated heterocycles. The molecular formula is C24H30FN5O2. The molecule has 32 heavy (non-hydrogen) atoms. The molecule has 7 nitrogen and oxygen atoms in total. The van der Waals surface area contributed by atoms with Gasteiger partial charge in [0.15, 0.2) is 0 Å². The van der Waals surface area contributed by atoms with Gasteiger partial charge in [-0.2, -0.15) is 0 Å². The number of carbonyl (C=O) groups excluding carboxylic acids is 2. The average Bonchev–Trinajstić information content (AvgIpc) is 2.80. The predicted octanol–water partition coefficient (Wildman–Crippen LogP) is 2.39. The zero-order chi connectivity index (χ0) is 22.5. The molecule has 2 aliphatic rings. The normalized spacial score (nSPS) is 21.5. The summed E-state index contributed by atoms with van der Waals surface area (Å²) >= 11 is 0. The van der Waals surface area contributed by atoms with Gasteiger partial charge in [-0.3, -0.25) is 19.5 Å². The molecular weight excluding hydrogens is 409 g/mol. The van der Waals surface area contributed by atoms with E-state index in [-0.39, 0.29) is 24.4 Å². The van der Waals surface area contributed by atoms with E-state index in [4.69, 9.17) is 5.73 Å². The van der Waals surface area contributed by atoms with Gasteiger partial charge in [-0.25, -0.2) is 4.39 Å². The molecule has 1 aliphatic carbocycles. The van der Waals surface area contributed by atoms with E-state index in [2.05, 4.69) is 20.5 Å².